The number of carbonyl (C=O) groups is 1. The third-order valence-electron chi connectivity index (χ3n) is 2.76. The smallest absolute Gasteiger partial charge is 0.404 e. The minimum Gasteiger partial charge on any atom is -0.465 e. The summed E-state index contributed by atoms with van der Waals surface area (Å²) >= 11 is 0. The summed E-state index contributed by atoms with van der Waals surface area (Å²) in [6.45, 7) is 9.26. The van der Waals surface area contributed by atoms with Gasteiger partial charge in [-0.25, -0.2) is 4.79 Å². The first-order valence-corrected chi connectivity index (χ1v) is 5.88. The monoisotopic (exact) mass is 217 g/mol. The summed E-state index contributed by atoms with van der Waals surface area (Å²) in [5.41, 5.74) is 0. The molecule has 0 aliphatic rings. The highest BCUT2D eigenvalue weighted by Crippen LogP contribution is 2.16. The number of carboxylic acid groups (broad SMARTS) is 1. The summed E-state index contributed by atoms with van der Waals surface area (Å²) in [4.78, 5) is 9.26. The van der Waals surface area contributed by atoms with Crippen LogP contribution < -0.4 is 5.32 Å². The second-order valence-corrected chi connectivity index (χ2v) is 4.16. The first-order chi connectivity index (χ1) is 6.97. The minimum atomic E-state index is -0.995. The molecule has 0 saturated carbocycles. The fourth-order valence-electron chi connectivity index (χ4n) is 0.977. The molecule has 0 aromatic heterocycles. The Morgan fingerprint density at radius 1 is 1.13 bits per heavy atom. The molecule has 2 N–H and O–H groups in total. The van der Waals surface area contributed by atoms with Crippen LogP contribution in [0.2, 0.25) is 0 Å². The van der Waals surface area contributed by atoms with Crippen molar-refractivity contribution < 1.29 is 9.90 Å². The van der Waals surface area contributed by atoms with Crippen LogP contribution in [-0.2, 0) is 0 Å². The van der Waals surface area contributed by atoms with Gasteiger partial charge in [0.05, 0.1) is 0 Å². The van der Waals surface area contributed by atoms with Crippen molar-refractivity contribution >= 4 is 6.09 Å². The minimum absolute atomic E-state index is 0.939. The van der Waals surface area contributed by atoms with Crippen molar-refractivity contribution in [1.29, 1.82) is 0 Å². The van der Waals surface area contributed by atoms with Crippen molar-refractivity contribution in [3.05, 3.63) is 0 Å². The molecule has 1 amide bonds. The van der Waals surface area contributed by atoms with E-state index in [1.54, 1.807) is 0 Å². The summed E-state index contributed by atoms with van der Waals surface area (Å²) < 4.78 is 0. The zero-order chi connectivity index (χ0) is 12.3. The van der Waals surface area contributed by atoms with E-state index in [2.05, 4.69) is 27.7 Å². The van der Waals surface area contributed by atoms with Gasteiger partial charge in [-0.3, -0.25) is 0 Å². The van der Waals surface area contributed by atoms with Crippen LogP contribution in [0, 0.1) is 11.8 Å². The van der Waals surface area contributed by atoms with Crippen molar-refractivity contribution in [2.45, 2.75) is 53.4 Å². The molecule has 92 valence electrons. The topological polar surface area (TPSA) is 49.3 Å². The van der Waals surface area contributed by atoms with Crippen LogP contribution in [0.5, 0.6) is 0 Å². The van der Waals surface area contributed by atoms with E-state index < -0.39 is 6.09 Å². The van der Waals surface area contributed by atoms with Crippen LogP contribution >= 0.6 is 0 Å². The van der Waals surface area contributed by atoms with E-state index in [-0.39, 0.29) is 0 Å². The average Bonchev–Trinajstić information content (AvgIpc) is 2.25. The lowest BCUT2D eigenvalue weighted by Crippen LogP contribution is -2.13. The van der Waals surface area contributed by atoms with E-state index in [0.29, 0.717) is 0 Å². The molecule has 0 aliphatic heterocycles. The van der Waals surface area contributed by atoms with Crippen LogP contribution in [0.3, 0.4) is 0 Å². The molecule has 2 atom stereocenters. The van der Waals surface area contributed by atoms with Crippen molar-refractivity contribution in [3.8, 4) is 0 Å². The third-order valence-corrected chi connectivity index (χ3v) is 2.76. The Morgan fingerprint density at radius 2 is 1.40 bits per heavy atom. The second-order valence-electron chi connectivity index (χ2n) is 4.16. The van der Waals surface area contributed by atoms with Crippen LogP contribution in [-0.4, -0.2) is 18.2 Å². The summed E-state index contributed by atoms with van der Waals surface area (Å²) in [5.74, 6) is 1.88. The van der Waals surface area contributed by atoms with Crippen molar-refractivity contribution in [2.24, 2.45) is 11.8 Å². The number of nitrogens with one attached hydrogen (secondary N) is 1. The van der Waals surface area contributed by atoms with Crippen LogP contribution in [0.25, 0.3) is 0 Å². The van der Waals surface area contributed by atoms with Gasteiger partial charge in [-0.05, 0) is 11.8 Å². The van der Waals surface area contributed by atoms with Gasteiger partial charge in [0.25, 0.3) is 0 Å². The van der Waals surface area contributed by atoms with Crippen molar-refractivity contribution in [1.82, 2.24) is 5.32 Å². The van der Waals surface area contributed by atoms with Gasteiger partial charge >= 0.3 is 6.09 Å². The predicted octanol–water partition coefficient (Wildman–Crippen LogP) is 3.74. The molecule has 0 bridgehead atoms. The molecule has 0 aromatic rings. The molecule has 0 aromatic carbocycles. The van der Waals surface area contributed by atoms with Gasteiger partial charge in [-0.15, -0.1) is 0 Å². The molecule has 0 saturated heterocycles. The zero-order valence-electron chi connectivity index (χ0n) is 10.8. The summed E-state index contributed by atoms with van der Waals surface area (Å²) in [5, 5.41) is 9.56. The van der Waals surface area contributed by atoms with Crippen molar-refractivity contribution in [3.63, 3.8) is 0 Å². The highest BCUT2D eigenvalue weighted by Gasteiger charge is 2.02. The molecule has 3 nitrogen and oxygen atoms in total. The average molecular weight is 217 g/mol. The molecule has 15 heavy (non-hydrogen) atoms. The lowest BCUT2D eigenvalue weighted by Gasteiger charge is -2.11. The molecule has 0 aliphatic carbocycles. The van der Waals surface area contributed by atoms with E-state index in [1.807, 2.05) is 5.32 Å². The van der Waals surface area contributed by atoms with Gasteiger partial charge in [0.1, 0.15) is 0 Å². The molecule has 3 heteroatoms. The predicted molar refractivity (Wildman–Crippen MR) is 65.2 cm³/mol. The molecule has 0 spiro atoms. The molecule has 0 fully saturated rings. The highest BCUT2D eigenvalue weighted by molar-refractivity contribution is 5.63. The van der Waals surface area contributed by atoms with E-state index >= 15 is 0 Å². The van der Waals surface area contributed by atoms with E-state index in [9.17, 15) is 4.79 Å². The standard InChI is InChI=1S/C10H22.C2H5NO2/c1-5-9(3)7-8-10(4)6-2;1-3-2(4)5/h9-10H,5-8H2,1-4H3;3H,1H3,(H,4,5). The molecular weight excluding hydrogens is 190 g/mol. The fourth-order valence-corrected chi connectivity index (χ4v) is 0.977. The Balaban J connectivity index is 0. The number of rotatable bonds is 5. The number of amides is 1. The Labute approximate surface area is 94.3 Å². The third kappa shape index (κ3) is 16.0. The van der Waals surface area contributed by atoms with Crippen molar-refractivity contribution in [2.75, 3.05) is 7.05 Å². The van der Waals surface area contributed by atoms with Gasteiger partial charge in [0.2, 0.25) is 0 Å². The van der Waals surface area contributed by atoms with E-state index in [1.165, 1.54) is 32.7 Å². The molecular formula is C12H27NO2. The van der Waals surface area contributed by atoms with Gasteiger partial charge in [0.15, 0.2) is 0 Å². The van der Waals surface area contributed by atoms with E-state index in [4.69, 9.17) is 5.11 Å². The summed E-state index contributed by atoms with van der Waals surface area (Å²) in [6, 6.07) is 0. The van der Waals surface area contributed by atoms with Gasteiger partial charge in [-0.1, -0.05) is 53.4 Å². The molecule has 2 unspecified atom stereocenters. The second kappa shape index (κ2) is 11.3. The Bertz CT molecular complexity index is 139. The summed E-state index contributed by atoms with van der Waals surface area (Å²) in [6.07, 6.45) is 4.54. The Kier molecular flexibility index (Phi) is 12.6. The first-order valence-electron chi connectivity index (χ1n) is 5.88. The maximum absolute atomic E-state index is 9.26. The fraction of sp³-hybridized carbons (Fsp3) is 0.917. The number of hydrogen-bond acceptors (Lipinski definition) is 1. The van der Waals surface area contributed by atoms with Crippen LogP contribution in [0.1, 0.15) is 53.4 Å². The lowest BCUT2D eigenvalue weighted by molar-refractivity contribution is 0.197. The van der Waals surface area contributed by atoms with E-state index in [0.717, 1.165) is 11.8 Å². The van der Waals surface area contributed by atoms with Gasteiger partial charge in [-0.2, -0.15) is 0 Å². The van der Waals surface area contributed by atoms with Crippen LogP contribution in [0.15, 0.2) is 0 Å². The lowest BCUT2D eigenvalue weighted by atomic mass is 9.95. The first kappa shape index (κ1) is 16.7. The largest absolute Gasteiger partial charge is 0.465 e. The zero-order valence-corrected chi connectivity index (χ0v) is 10.8. The van der Waals surface area contributed by atoms with Crippen LogP contribution in [0.4, 0.5) is 4.79 Å². The molecule has 0 rings (SSSR count). The Hall–Kier alpha value is -0.730. The normalized spacial score (nSPS) is 13.4. The van der Waals surface area contributed by atoms with Gasteiger partial charge in [0, 0.05) is 7.05 Å². The van der Waals surface area contributed by atoms with Gasteiger partial charge < -0.3 is 10.4 Å². The quantitative estimate of drug-likeness (QED) is 0.737. The highest BCUT2D eigenvalue weighted by atomic mass is 16.4. The molecule has 0 heterocycles. The maximum Gasteiger partial charge on any atom is 0.404 e. The Morgan fingerprint density at radius 3 is 1.53 bits per heavy atom. The maximum atomic E-state index is 9.26. The number of hydrogen-bond donors (Lipinski definition) is 2. The summed E-state index contributed by atoms with van der Waals surface area (Å²) in [7, 11) is 1.35. The SMILES string of the molecule is CCC(C)CCC(C)CC.CNC(=O)O. The molecule has 0 radical (unpaired) electrons.